The molecule has 5 rings (SSSR count). The lowest BCUT2D eigenvalue weighted by Gasteiger charge is -2.11. The maximum Gasteiger partial charge on any atom is 0.333 e. The predicted octanol–water partition coefficient (Wildman–Crippen LogP) is 4.79. The molecule has 15 heteroatoms. The normalized spacial score (nSPS) is 11.4. The first-order valence-electron chi connectivity index (χ1n) is 11.7. The maximum atomic E-state index is 13.9. The van der Waals surface area contributed by atoms with E-state index < -0.39 is 38.9 Å². The molecular formula is C26H18ClF2N5O5S2. The van der Waals surface area contributed by atoms with Gasteiger partial charge in [0.2, 0.25) is 0 Å². The van der Waals surface area contributed by atoms with Crippen LogP contribution in [-0.4, -0.2) is 24.0 Å². The van der Waals surface area contributed by atoms with Crippen LogP contribution in [0.25, 0.3) is 16.6 Å². The van der Waals surface area contributed by atoms with Gasteiger partial charge in [-0.05, 0) is 60.7 Å². The number of halogens is 3. The van der Waals surface area contributed by atoms with E-state index in [-0.39, 0.29) is 42.9 Å². The lowest BCUT2D eigenvalue weighted by atomic mass is 10.2. The Morgan fingerprint density at radius 2 is 1.71 bits per heavy atom. The molecule has 0 radical (unpaired) electrons. The van der Waals surface area contributed by atoms with Gasteiger partial charge in [0.15, 0.2) is 11.6 Å². The van der Waals surface area contributed by atoms with Crippen molar-refractivity contribution in [3.05, 3.63) is 115 Å². The first-order chi connectivity index (χ1) is 19.5. The topological polar surface area (TPSA) is 142 Å². The van der Waals surface area contributed by atoms with Crippen molar-refractivity contribution in [1.29, 1.82) is 0 Å². The number of aromatic amines is 1. The molecule has 3 aromatic carbocycles. The van der Waals surface area contributed by atoms with Gasteiger partial charge < -0.3 is 15.6 Å². The number of fused-ring (bicyclic) bond motifs is 1. The minimum atomic E-state index is -4.12. The third-order valence-corrected chi connectivity index (χ3v) is 8.89. The SMILES string of the molecule is O=C(Nc1ccc(-n2c(=O)[nH]c3cc(NCc4cccc(F)c4F)ccc3c2=O)cc1)NS(=O)(=O)c1ccc(Cl)s1. The molecule has 4 N–H and O–H groups in total. The lowest BCUT2D eigenvalue weighted by molar-refractivity contribution is 0.256. The number of H-pyrrole nitrogens is 1. The number of amides is 2. The molecule has 41 heavy (non-hydrogen) atoms. The minimum absolute atomic E-state index is 0.0247. The highest BCUT2D eigenvalue weighted by atomic mass is 35.5. The van der Waals surface area contributed by atoms with Crippen LogP contribution in [0.5, 0.6) is 0 Å². The van der Waals surface area contributed by atoms with Gasteiger partial charge in [0, 0.05) is 23.5 Å². The molecule has 0 saturated heterocycles. The molecular weight excluding hydrogens is 600 g/mol. The minimum Gasteiger partial charge on any atom is -0.381 e. The summed E-state index contributed by atoms with van der Waals surface area (Å²) in [7, 11) is -4.12. The maximum absolute atomic E-state index is 13.9. The standard InChI is InChI=1S/C26H18ClF2N5O5S2/c27-21-10-11-22(40-21)41(38,39)33-25(36)31-15-4-7-17(8-5-15)34-24(35)18-9-6-16(12-20(18)32-26(34)37)30-13-14-2-1-3-19(28)23(14)29/h1-12,30H,13H2,(H,32,37)(H2,31,33,36). The quantitative estimate of drug-likeness (QED) is 0.207. The Labute approximate surface area is 239 Å². The Morgan fingerprint density at radius 3 is 2.41 bits per heavy atom. The zero-order valence-electron chi connectivity index (χ0n) is 20.6. The molecule has 0 fully saturated rings. The highest BCUT2D eigenvalue weighted by Crippen LogP contribution is 2.25. The fourth-order valence-corrected chi connectivity index (χ4v) is 6.30. The van der Waals surface area contributed by atoms with E-state index in [0.717, 1.165) is 22.0 Å². The molecule has 0 aliphatic heterocycles. The van der Waals surface area contributed by atoms with Crippen LogP contribution in [0.15, 0.2) is 86.6 Å². The van der Waals surface area contributed by atoms with E-state index in [4.69, 9.17) is 11.6 Å². The van der Waals surface area contributed by atoms with Crippen LogP contribution in [0.2, 0.25) is 4.34 Å². The van der Waals surface area contributed by atoms with Crippen molar-refractivity contribution in [2.24, 2.45) is 0 Å². The van der Waals surface area contributed by atoms with Crippen LogP contribution in [0.1, 0.15) is 5.56 Å². The summed E-state index contributed by atoms with van der Waals surface area (Å²) in [5, 5.41) is 5.49. The van der Waals surface area contributed by atoms with Crippen molar-refractivity contribution in [2.75, 3.05) is 10.6 Å². The van der Waals surface area contributed by atoms with Gasteiger partial charge in [-0.15, -0.1) is 11.3 Å². The molecule has 5 aromatic rings. The monoisotopic (exact) mass is 617 g/mol. The van der Waals surface area contributed by atoms with E-state index in [0.29, 0.717) is 5.69 Å². The van der Waals surface area contributed by atoms with E-state index in [9.17, 15) is 31.6 Å². The molecule has 2 amide bonds. The zero-order valence-corrected chi connectivity index (χ0v) is 23.0. The van der Waals surface area contributed by atoms with Crippen LogP contribution in [-0.2, 0) is 16.6 Å². The summed E-state index contributed by atoms with van der Waals surface area (Å²) in [6.07, 6.45) is 0. The summed E-state index contributed by atoms with van der Waals surface area (Å²) in [5.41, 5.74) is -0.176. The molecule has 0 bridgehead atoms. The second kappa shape index (κ2) is 11.2. The van der Waals surface area contributed by atoms with Crippen molar-refractivity contribution in [1.82, 2.24) is 14.3 Å². The van der Waals surface area contributed by atoms with Crippen molar-refractivity contribution < 1.29 is 22.0 Å². The van der Waals surface area contributed by atoms with E-state index in [1.165, 1.54) is 60.7 Å². The third kappa shape index (κ3) is 5.99. The Bertz CT molecular complexity index is 2030. The number of aromatic nitrogens is 2. The van der Waals surface area contributed by atoms with Gasteiger partial charge in [0.25, 0.3) is 15.6 Å². The van der Waals surface area contributed by atoms with Gasteiger partial charge in [0.05, 0.1) is 20.9 Å². The first-order valence-corrected chi connectivity index (χ1v) is 14.3. The number of hydrogen-bond donors (Lipinski definition) is 4. The van der Waals surface area contributed by atoms with E-state index >= 15 is 0 Å². The molecule has 2 aromatic heterocycles. The van der Waals surface area contributed by atoms with Gasteiger partial charge in [0.1, 0.15) is 4.21 Å². The molecule has 210 valence electrons. The average Bonchev–Trinajstić information content (AvgIpc) is 3.37. The fraction of sp³-hybridized carbons (Fsp3) is 0.0385. The molecule has 10 nitrogen and oxygen atoms in total. The van der Waals surface area contributed by atoms with Crippen LogP contribution in [0.3, 0.4) is 0 Å². The molecule has 0 atom stereocenters. The smallest absolute Gasteiger partial charge is 0.333 e. The molecule has 0 saturated carbocycles. The number of rotatable bonds is 7. The van der Waals surface area contributed by atoms with Crippen LogP contribution in [0.4, 0.5) is 25.0 Å². The Kier molecular flexibility index (Phi) is 7.62. The van der Waals surface area contributed by atoms with Crippen molar-refractivity contribution in [2.45, 2.75) is 10.8 Å². The number of sulfonamides is 1. The van der Waals surface area contributed by atoms with Crippen LogP contribution in [0, 0.1) is 11.6 Å². The molecule has 0 unspecified atom stereocenters. The van der Waals surface area contributed by atoms with Gasteiger partial charge in [-0.2, -0.15) is 0 Å². The molecule has 2 heterocycles. The lowest BCUT2D eigenvalue weighted by Crippen LogP contribution is -2.34. The number of urea groups is 1. The number of nitrogens with zero attached hydrogens (tertiary/aromatic N) is 1. The van der Waals surface area contributed by atoms with Gasteiger partial charge >= 0.3 is 11.7 Å². The third-order valence-electron chi connectivity index (χ3n) is 5.84. The number of benzene rings is 3. The van der Waals surface area contributed by atoms with E-state index in [1.807, 2.05) is 4.72 Å². The summed E-state index contributed by atoms with van der Waals surface area (Å²) in [4.78, 5) is 40.8. The average molecular weight is 618 g/mol. The number of carbonyl (C=O) groups is 1. The van der Waals surface area contributed by atoms with Crippen molar-refractivity contribution in [3.63, 3.8) is 0 Å². The summed E-state index contributed by atoms with van der Waals surface area (Å²) in [6, 6.07) is 15.6. The van der Waals surface area contributed by atoms with Gasteiger partial charge in [-0.25, -0.2) is 36.1 Å². The largest absolute Gasteiger partial charge is 0.381 e. The second-order valence-corrected chi connectivity index (χ2v) is 12.2. The Hall–Kier alpha value is -4.53. The van der Waals surface area contributed by atoms with Crippen molar-refractivity contribution >= 4 is 61.3 Å². The van der Waals surface area contributed by atoms with E-state index in [1.54, 1.807) is 6.07 Å². The summed E-state index contributed by atoms with van der Waals surface area (Å²) < 4.78 is 54.8. The number of carbonyl (C=O) groups excluding carboxylic acids is 1. The number of nitrogens with one attached hydrogen (secondary N) is 4. The van der Waals surface area contributed by atoms with E-state index in [2.05, 4.69) is 15.6 Å². The number of thiophene rings is 1. The predicted molar refractivity (Wildman–Crippen MR) is 153 cm³/mol. The van der Waals surface area contributed by atoms with Gasteiger partial charge in [-0.1, -0.05) is 23.7 Å². The van der Waals surface area contributed by atoms with Crippen LogP contribution < -0.4 is 26.6 Å². The summed E-state index contributed by atoms with van der Waals surface area (Å²) in [5.74, 6) is -1.93. The molecule has 0 aliphatic carbocycles. The molecule has 0 aliphatic rings. The van der Waals surface area contributed by atoms with Gasteiger partial charge in [-0.3, -0.25) is 4.79 Å². The second-order valence-electron chi connectivity index (χ2n) is 8.56. The number of anilines is 2. The summed E-state index contributed by atoms with van der Waals surface area (Å²) >= 11 is 6.54. The highest BCUT2D eigenvalue weighted by Gasteiger charge is 2.20. The number of hydrogen-bond acceptors (Lipinski definition) is 7. The highest BCUT2D eigenvalue weighted by molar-refractivity contribution is 7.92. The Balaban J connectivity index is 1.32. The Morgan fingerprint density at radius 1 is 0.976 bits per heavy atom. The fourth-order valence-electron chi connectivity index (χ4n) is 3.91. The first kappa shape index (κ1) is 28.0. The zero-order chi connectivity index (χ0) is 29.3. The summed E-state index contributed by atoms with van der Waals surface area (Å²) in [6.45, 7) is -0.0247. The molecule has 0 spiro atoms. The van der Waals surface area contributed by atoms with Crippen LogP contribution >= 0.6 is 22.9 Å². The van der Waals surface area contributed by atoms with Crippen molar-refractivity contribution in [3.8, 4) is 5.69 Å².